The molecule has 1 heterocycles. The Hall–Kier alpha value is -0.330. The third kappa shape index (κ3) is 3.59. The van der Waals surface area contributed by atoms with Crippen LogP contribution in [0.2, 0.25) is 0 Å². The SMILES string of the molecule is COc1cccc(COC2(CI)CCOCC2)c1. The molecule has 0 radical (unpaired) electrons. The van der Waals surface area contributed by atoms with Gasteiger partial charge in [-0.25, -0.2) is 0 Å². The van der Waals surface area contributed by atoms with Crippen molar-refractivity contribution in [2.75, 3.05) is 24.8 Å². The van der Waals surface area contributed by atoms with Crippen LogP contribution in [0.3, 0.4) is 0 Å². The van der Waals surface area contributed by atoms with Gasteiger partial charge >= 0.3 is 0 Å². The maximum absolute atomic E-state index is 6.16. The van der Waals surface area contributed by atoms with Crippen LogP contribution in [0.25, 0.3) is 0 Å². The summed E-state index contributed by atoms with van der Waals surface area (Å²) in [4.78, 5) is 0. The third-order valence-electron chi connectivity index (χ3n) is 3.33. The number of benzene rings is 1. The fourth-order valence-electron chi connectivity index (χ4n) is 2.06. The molecule has 4 heteroatoms. The van der Waals surface area contributed by atoms with Crippen molar-refractivity contribution in [3.05, 3.63) is 29.8 Å². The molecule has 1 saturated heterocycles. The number of alkyl halides is 1. The van der Waals surface area contributed by atoms with Gasteiger partial charge in [-0.05, 0) is 17.7 Å². The molecule has 1 aromatic rings. The van der Waals surface area contributed by atoms with E-state index in [9.17, 15) is 0 Å². The number of ether oxygens (including phenoxy) is 3. The van der Waals surface area contributed by atoms with Crippen LogP contribution in [0.15, 0.2) is 24.3 Å². The number of halogens is 1. The quantitative estimate of drug-likeness (QED) is 0.595. The lowest BCUT2D eigenvalue weighted by Crippen LogP contribution is -2.40. The fraction of sp³-hybridized carbons (Fsp3) is 0.571. The summed E-state index contributed by atoms with van der Waals surface area (Å²) in [5.41, 5.74) is 1.15. The van der Waals surface area contributed by atoms with E-state index in [1.807, 2.05) is 18.2 Å². The third-order valence-corrected chi connectivity index (χ3v) is 4.72. The first kappa shape index (κ1) is 14.1. The number of rotatable bonds is 5. The van der Waals surface area contributed by atoms with Crippen molar-refractivity contribution in [1.29, 1.82) is 0 Å². The molecule has 1 aliphatic rings. The van der Waals surface area contributed by atoms with Gasteiger partial charge in [-0.1, -0.05) is 34.7 Å². The Bertz CT molecular complexity index is 375. The number of methoxy groups -OCH3 is 1. The highest BCUT2D eigenvalue weighted by molar-refractivity contribution is 14.1. The summed E-state index contributed by atoms with van der Waals surface area (Å²) in [5, 5.41) is 0. The van der Waals surface area contributed by atoms with Crippen LogP contribution in [0.5, 0.6) is 5.75 Å². The van der Waals surface area contributed by atoms with Gasteiger partial charge in [0.05, 0.1) is 19.3 Å². The van der Waals surface area contributed by atoms with Crippen LogP contribution < -0.4 is 4.74 Å². The molecule has 100 valence electrons. The van der Waals surface area contributed by atoms with Gasteiger partial charge in [0.1, 0.15) is 5.75 Å². The topological polar surface area (TPSA) is 27.7 Å². The smallest absolute Gasteiger partial charge is 0.119 e. The van der Waals surface area contributed by atoms with Crippen molar-refractivity contribution in [1.82, 2.24) is 0 Å². The Morgan fingerprint density at radius 1 is 1.33 bits per heavy atom. The largest absolute Gasteiger partial charge is 0.497 e. The number of hydrogen-bond donors (Lipinski definition) is 0. The van der Waals surface area contributed by atoms with E-state index >= 15 is 0 Å². The van der Waals surface area contributed by atoms with Gasteiger partial charge in [0.15, 0.2) is 0 Å². The van der Waals surface area contributed by atoms with E-state index in [0.29, 0.717) is 6.61 Å². The van der Waals surface area contributed by atoms with Crippen molar-refractivity contribution in [2.45, 2.75) is 25.0 Å². The molecule has 2 rings (SSSR count). The van der Waals surface area contributed by atoms with Crippen LogP contribution in [0.4, 0.5) is 0 Å². The van der Waals surface area contributed by atoms with E-state index in [2.05, 4.69) is 28.7 Å². The summed E-state index contributed by atoms with van der Waals surface area (Å²) in [7, 11) is 1.69. The minimum absolute atomic E-state index is 0.0120. The van der Waals surface area contributed by atoms with E-state index in [1.54, 1.807) is 7.11 Å². The summed E-state index contributed by atoms with van der Waals surface area (Å²) in [6, 6.07) is 8.05. The first-order valence-electron chi connectivity index (χ1n) is 6.19. The lowest BCUT2D eigenvalue weighted by Gasteiger charge is -2.35. The molecule has 0 aromatic heterocycles. The van der Waals surface area contributed by atoms with Gasteiger partial charge in [-0.3, -0.25) is 0 Å². The molecule has 0 bridgehead atoms. The van der Waals surface area contributed by atoms with Gasteiger partial charge in [0, 0.05) is 30.5 Å². The van der Waals surface area contributed by atoms with E-state index in [-0.39, 0.29) is 5.60 Å². The summed E-state index contributed by atoms with van der Waals surface area (Å²) in [6.07, 6.45) is 1.97. The van der Waals surface area contributed by atoms with Gasteiger partial charge < -0.3 is 14.2 Å². The Morgan fingerprint density at radius 2 is 2.11 bits per heavy atom. The van der Waals surface area contributed by atoms with Gasteiger partial charge in [0.25, 0.3) is 0 Å². The molecule has 0 atom stereocenters. The minimum Gasteiger partial charge on any atom is -0.497 e. The standard InChI is InChI=1S/C14H19IO3/c1-16-13-4-2-3-12(9-13)10-18-14(11-15)5-7-17-8-6-14/h2-4,9H,5-8,10-11H2,1H3. The monoisotopic (exact) mass is 362 g/mol. The van der Waals surface area contributed by atoms with Crippen molar-refractivity contribution in [3.63, 3.8) is 0 Å². The molecule has 1 aliphatic heterocycles. The minimum atomic E-state index is -0.0120. The molecule has 0 N–H and O–H groups in total. The average Bonchev–Trinajstić information content (AvgIpc) is 2.46. The predicted octanol–water partition coefficient (Wildman–Crippen LogP) is 3.20. The molecule has 0 amide bonds. The van der Waals surface area contributed by atoms with Crippen LogP contribution in [0, 0.1) is 0 Å². The van der Waals surface area contributed by atoms with Crippen LogP contribution in [0.1, 0.15) is 18.4 Å². The Kier molecular flexibility index (Phi) is 5.26. The van der Waals surface area contributed by atoms with Crippen molar-refractivity contribution in [2.24, 2.45) is 0 Å². The van der Waals surface area contributed by atoms with Crippen molar-refractivity contribution >= 4 is 22.6 Å². The highest BCUT2D eigenvalue weighted by atomic mass is 127. The van der Waals surface area contributed by atoms with E-state index in [0.717, 1.165) is 41.8 Å². The second-order valence-electron chi connectivity index (χ2n) is 4.57. The zero-order chi connectivity index (χ0) is 12.8. The van der Waals surface area contributed by atoms with Crippen molar-refractivity contribution in [3.8, 4) is 5.75 Å². The normalized spacial score (nSPS) is 18.6. The summed E-state index contributed by atoms with van der Waals surface area (Å²) in [6.45, 7) is 2.25. The molecular formula is C14H19IO3. The average molecular weight is 362 g/mol. The number of hydrogen-bond acceptors (Lipinski definition) is 3. The van der Waals surface area contributed by atoms with E-state index < -0.39 is 0 Å². The molecular weight excluding hydrogens is 343 g/mol. The highest BCUT2D eigenvalue weighted by Crippen LogP contribution is 2.29. The lowest BCUT2D eigenvalue weighted by molar-refractivity contribution is -0.102. The van der Waals surface area contributed by atoms with Crippen LogP contribution in [-0.4, -0.2) is 30.4 Å². The van der Waals surface area contributed by atoms with Gasteiger partial charge in [-0.2, -0.15) is 0 Å². The molecule has 1 fully saturated rings. The maximum atomic E-state index is 6.16. The molecule has 1 aromatic carbocycles. The highest BCUT2D eigenvalue weighted by Gasteiger charge is 2.32. The summed E-state index contributed by atoms with van der Waals surface area (Å²) in [5.74, 6) is 0.881. The zero-order valence-electron chi connectivity index (χ0n) is 10.7. The first-order chi connectivity index (χ1) is 8.78. The Morgan fingerprint density at radius 3 is 2.78 bits per heavy atom. The Balaban J connectivity index is 1.96. The molecule has 0 aliphatic carbocycles. The molecule has 0 spiro atoms. The molecule has 18 heavy (non-hydrogen) atoms. The molecule has 0 unspecified atom stereocenters. The molecule has 0 saturated carbocycles. The second-order valence-corrected chi connectivity index (χ2v) is 5.33. The summed E-state index contributed by atoms with van der Waals surface area (Å²) < 4.78 is 17.8. The van der Waals surface area contributed by atoms with Crippen LogP contribution in [-0.2, 0) is 16.1 Å². The maximum Gasteiger partial charge on any atom is 0.119 e. The van der Waals surface area contributed by atoms with Gasteiger partial charge in [0.2, 0.25) is 0 Å². The lowest BCUT2D eigenvalue weighted by atomic mass is 9.96. The summed E-state index contributed by atoms with van der Waals surface area (Å²) >= 11 is 2.41. The van der Waals surface area contributed by atoms with Crippen LogP contribution >= 0.6 is 22.6 Å². The predicted molar refractivity (Wildman–Crippen MR) is 79.5 cm³/mol. The second kappa shape index (κ2) is 6.73. The Labute approximate surface area is 122 Å². The van der Waals surface area contributed by atoms with E-state index in [4.69, 9.17) is 14.2 Å². The van der Waals surface area contributed by atoms with E-state index in [1.165, 1.54) is 0 Å². The first-order valence-corrected chi connectivity index (χ1v) is 7.71. The fourth-order valence-corrected chi connectivity index (χ4v) is 3.04. The van der Waals surface area contributed by atoms with Gasteiger partial charge in [-0.15, -0.1) is 0 Å². The van der Waals surface area contributed by atoms with Crippen molar-refractivity contribution < 1.29 is 14.2 Å². The molecule has 3 nitrogen and oxygen atoms in total. The zero-order valence-corrected chi connectivity index (χ0v) is 12.8.